The van der Waals surface area contributed by atoms with Crippen molar-refractivity contribution in [3.8, 4) is 0 Å². The fourth-order valence-corrected chi connectivity index (χ4v) is 3.54. The lowest BCUT2D eigenvalue weighted by atomic mass is 10.1. The van der Waals surface area contributed by atoms with Gasteiger partial charge in [-0.2, -0.15) is 9.78 Å². The molecule has 3 nitrogen and oxygen atoms in total. The summed E-state index contributed by atoms with van der Waals surface area (Å²) in [5, 5.41) is 5.74. The van der Waals surface area contributed by atoms with Gasteiger partial charge in [0.1, 0.15) is 3.70 Å². The van der Waals surface area contributed by atoms with E-state index in [1.165, 1.54) is 4.68 Å². The molecule has 0 radical (unpaired) electrons. The number of carbonyl (C=O) groups excluding carboxylic acids is 1. The van der Waals surface area contributed by atoms with Gasteiger partial charge in [0.15, 0.2) is 0 Å². The molecule has 0 spiro atoms. The topological polar surface area (TPSA) is 34.9 Å². The molecule has 1 heterocycles. The lowest BCUT2D eigenvalue weighted by Gasteiger charge is -2.08. The van der Waals surface area contributed by atoms with E-state index in [2.05, 4.69) is 43.6 Å². The van der Waals surface area contributed by atoms with Crippen molar-refractivity contribution < 1.29 is 4.79 Å². The molecule has 3 rings (SSSR count). The van der Waals surface area contributed by atoms with Gasteiger partial charge in [-0.3, -0.25) is 4.79 Å². The number of aryl methyl sites for hydroxylation is 1. The van der Waals surface area contributed by atoms with Crippen LogP contribution in [0.15, 0.2) is 40.9 Å². The molecule has 2 aromatic carbocycles. The Morgan fingerprint density at radius 1 is 1.33 bits per heavy atom. The van der Waals surface area contributed by atoms with Gasteiger partial charge in [-0.05, 0) is 59.3 Å². The van der Waals surface area contributed by atoms with Crippen molar-refractivity contribution in [3.63, 3.8) is 0 Å². The zero-order chi connectivity index (χ0) is 15.1. The third kappa shape index (κ3) is 2.62. The van der Waals surface area contributed by atoms with E-state index in [0.717, 1.165) is 24.6 Å². The zero-order valence-electron chi connectivity index (χ0n) is 10.9. The highest BCUT2D eigenvalue weighted by Crippen LogP contribution is 2.27. The summed E-state index contributed by atoms with van der Waals surface area (Å²) in [6.45, 7) is 1.87. The van der Waals surface area contributed by atoms with Gasteiger partial charge in [0.2, 0.25) is 0 Å². The molecule has 0 aliphatic carbocycles. The standard InChI is InChI=1S/C15H9BrClIN2O/c1-8-3-2-4-11(17)13(8)15(21)20-12-7-9(16)5-6-10(12)14(18)19-20/h2-7H,1H3. The first-order chi connectivity index (χ1) is 9.99. The van der Waals surface area contributed by atoms with Crippen LogP contribution in [0.5, 0.6) is 0 Å². The SMILES string of the molecule is Cc1cccc(Cl)c1C(=O)n1nc(I)c2ccc(Br)cc21. The Morgan fingerprint density at radius 3 is 2.81 bits per heavy atom. The summed E-state index contributed by atoms with van der Waals surface area (Å²) in [5.41, 5.74) is 2.08. The van der Waals surface area contributed by atoms with Crippen molar-refractivity contribution in [2.24, 2.45) is 0 Å². The van der Waals surface area contributed by atoms with E-state index in [4.69, 9.17) is 11.6 Å². The number of nitrogens with zero attached hydrogens (tertiary/aromatic N) is 2. The molecule has 106 valence electrons. The maximum Gasteiger partial charge on any atom is 0.280 e. The number of fused-ring (bicyclic) bond motifs is 1. The Labute approximate surface area is 148 Å². The van der Waals surface area contributed by atoms with E-state index in [-0.39, 0.29) is 5.91 Å². The molecule has 0 atom stereocenters. The minimum absolute atomic E-state index is 0.218. The van der Waals surface area contributed by atoms with Crippen LogP contribution in [0.25, 0.3) is 10.9 Å². The summed E-state index contributed by atoms with van der Waals surface area (Å²) in [6, 6.07) is 11.2. The van der Waals surface area contributed by atoms with Crippen molar-refractivity contribution in [3.05, 3.63) is 60.7 Å². The summed E-state index contributed by atoms with van der Waals surface area (Å²) < 4.78 is 3.10. The first kappa shape index (κ1) is 15.0. The van der Waals surface area contributed by atoms with Gasteiger partial charge >= 0.3 is 0 Å². The summed E-state index contributed by atoms with van der Waals surface area (Å²) >= 11 is 11.7. The first-order valence-electron chi connectivity index (χ1n) is 6.12. The van der Waals surface area contributed by atoms with Gasteiger partial charge in [0.05, 0.1) is 16.1 Å². The molecule has 21 heavy (non-hydrogen) atoms. The molecule has 0 aliphatic heterocycles. The summed E-state index contributed by atoms with van der Waals surface area (Å²) in [5.74, 6) is -0.218. The predicted molar refractivity (Wildman–Crippen MR) is 96.1 cm³/mol. The average molecular weight is 476 g/mol. The first-order valence-corrected chi connectivity index (χ1v) is 8.37. The van der Waals surface area contributed by atoms with Crippen LogP contribution >= 0.6 is 50.1 Å². The Balaban J connectivity index is 2.25. The highest BCUT2D eigenvalue weighted by atomic mass is 127. The summed E-state index contributed by atoms with van der Waals surface area (Å²) in [6.07, 6.45) is 0. The number of hydrogen-bond donors (Lipinski definition) is 0. The predicted octanol–water partition coefficient (Wildman–Crippen LogP) is 5.05. The lowest BCUT2D eigenvalue weighted by Crippen LogP contribution is -2.15. The van der Waals surface area contributed by atoms with Gasteiger partial charge < -0.3 is 0 Å². The molecule has 0 fully saturated rings. The van der Waals surface area contributed by atoms with Crippen LogP contribution in [0.4, 0.5) is 0 Å². The molecular formula is C15H9BrClIN2O. The van der Waals surface area contributed by atoms with E-state index in [0.29, 0.717) is 10.6 Å². The van der Waals surface area contributed by atoms with E-state index in [1.807, 2.05) is 37.3 Å². The maximum atomic E-state index is 12.8. The van der Waals surface area contributed by atoms with Crippen molar-refractivity contribution in [1.29, 1.82) is 0 Å². The quantitative estimate of drug-likeness (QED) is 0.462. The largest absolute Gasteiger partial charge is 0.280 e. The van der Waals surface area contributed by atoms with E-state index in [9.17, 15) is 4.79 Å². The van der Waals surface area contributed by atoms with Crippen LogP contribution in [0.3, 0.4) is 0 Å². The highest BCUT2D eigenvalue weighted by molar-refractivity contribution is 14.1. The molecule has 6 heteroatoms. The lowest BCUT2D eigenvalue weighted by molar-refractivity contribution is 0.0949. The fourth-order valence-electron chi connectivity index (χ4n) is 2.21. The molecule has 0 saturated carbocycles. The second kappa shape index (κ2) is 5.70. The number of benzene rings is 2. The van der Waals surface area contributed by atoms with Gasteiger partial charge in [-0.15, -0.1) is 0 Å². The van der Waals surface area contributed by atoms with Gasteiger partial charge in [0, 0.05) is 9.86 Å². The van der Waals surface area contributed by atoms with Gasteiger partial charge in [-0.1, -0.05) is 39.7 Å². The third-order valence-corrected chi connectivity index (χ3v) is 4.83. The zero-order valence-corrected chi connectivity index (χ0v) is 15.4. The number of carbonyl (C=O) groups is 1. The Hall–Kier alpha value is -0.920. The maximum absolute atomic E-state index is 12.8. The molecule has 0 N–H and O–H groups in total. The van der Waals surface area contributed by atoms with E-state index < -0.39 is 0 Å². The van der Waals surface area contributed by atoms with Crippen LogP contribution in [0, 0.1) is 10.6 Å². The summed E-state index contributed by atoms with van der Waals surface area (Å²) in [7, 11) is 0. The Kier molecular flexibility index (Phi) is 4.07. The molecule has 3 aromatic rings. The summed E-state index contributed by atoms with van der Waals surface area (Å²) in [4.78, 5) is 12.8. The van der Waals surface area contributed by atoms with Crippen molar-refractivity contribution >= 4 is 66.9 Å². The van der Waals surface area contributed by atoms with Crippen LogP contribution in [-0.2, 0) is 0 Å². The van der Waals surface area contributed by atoms with Crippen LogP contribution in [0.2, 0.25) is 5.02 Å². The number of rotatable bonds is 1. The minimum Gasteiger partial charge on any atom is -0.267 e. The van der Waals surface area contributed by atoms with Gasteiger partial charge in [0.25, 0.3) is 5.91 Å². The molecular weight excluding hydrogens is 466 g/mol. The molecule has 1 aromatic heterocycles. The molecule has 0 unspecified atom stereocenters. The van der Waals surface area contributed by atoms with Crippen LogP contribution in [0.1, 0.15) is 15.9 Å². The van der Waals surface area contributed by atoms with Crippen molar-refractivity contribution in [2.75, 3.05) is 0 Å². The minimum atomic E-state index is -0.218. The Morgan fingerprint density at radius 2 is 2.10 bits per heavy atom. The molecule has 0 saturated heterocycles. The van der Waals surface area contributed by atoms with E-state index >= 15 is 0 Å². The van der Waals surface area contributed by atoms with Crippen molar-refractivity contribution in [2.45, 2.75) is 6.92 Å². The van der Waals surface area contributed by atoms with Gasteiger partial charge in [-0.25, -0.2) is 0 Å². The molecule has 0 bridgehead atoms. The number of aromatic nitrogens is 2. The molecule has 0 aliphatic rings. The third-order valence-electron chi connectivity index (χ3n) is 3.23. The number of halogens is 3. The van der Waals surface area contributed by atoms with Crippen LogP contribution in [-0.4, -0.2) is 15.7 Å². The van der Waals surface area contributed by atoms with E-state index in [1.54, 1.807) is 6.07 Å². The smallest absolute Gasteiger partial charge is 0.267 e. The fraction of sp³-hybridized carbons (Fsp3) is 0.0667. The normalized spacial score (nSPS) is 11.0. The number of hydrogen-bond acceptors (Lipinski definition) is 2. The molecule has 0 amide bonds. The monoisotopic (exact) mass is 474 g/mol. The van der Waals surface area contributed by atoms with Crippen LogP contribution < -0.4 is 0 Å². The highest BCUT2D eigenvalue weighted by Gasteiger charge is 2.20. The average Bonchev–Trinajstić information content (AvgIpc) is 2.75. The van der Waals surface area contributed by atoms with Crippen molar-refractivity contribution in [1.82, 2.24) is 9.78 Å². The second-order valence-electron chi connectivity index (χ2n) is 4.60. The second-order valence-corrected chi connectivity index (χ2v) is 6.95. The Bertz CT molecular complexity index is 855.